The van der Waals surface area contributed by atoms with Gasteiger partial charge in [0.2, 0.25) is 11.8 Å². The van der Waals surface area contributed by atoms with E-state index in [1.54, 1.807) is 0 Å². The Bertz CT molecular complexity index is 246. The van der Waals surface area contributed by atoms with Crippen LogP contribution in [0, 0.1) is 5.41 Å². The number of rotatable bonds is 6. The van der Waals surface area contributed by atoms with Crippen molar-refractivity contribution < 1.29 is 9.59 Å². The molecular formula is C11H23N3O2. The third kappa shape index (κ3) is 7.23. The summed E-state index contributed by atoms with van der Waals surface area (Å²) >= 11 is 0. The van der Waals surface area contributed by atoms with Crippen molar-refractivity contribution >= 4 is 11.8 Å². The van der Waals surface area contributed by atoms with Gasteiger partial charge in [-0.3, -0.25) is 9.59 Å². The van der Waals surface area contributed by atoms with Crippen molar-refractivity contribution in [1.29, 1.82) is 0 Å². The van der Waals surface area contributed by atoms with Crippen LogP contribution in [0.4, 0.5) is 0 Å². The highest BCUT2D eigenvalue weighted by molar-refractivity contribution is 5.77. The standard InChI is InChI=1S/C11H23N3O2/c1-11(2,3)8(12)7-10(16)14-6-4-5-9(13)15/h8H,4-7,12H2,1-3H3,(H2,13,15)(H,14,16). The Labute approximate surface area is 96.9 Å². The van der Waals surface area contributed by atoms with Crippen molar-refractivity contribution in [3.8, 4) is 0 Å². The number of primary amides is 1. The number of hydrogen-bond acceptors (Lipinski definition) is 3. The molecule has 0 aliphatic rings. The van der Waals surface area contributed by atoms with E-state index in [1.165, 1.54) is 0 Å². The third-order valence-corrected chi connectivity index (χ3v) is 2.44. The molecule has 0 aromatic heterocycles. The van der Waals surface area contributed by atoms with Crippen LogP contribution in [0.2, 0.25) is 0 Å². The van der Waals surface area contributed by atoms with Crippen LogP contribution >= 0.6 is 0 Å². The number of nitrogens with one attached hydrogen (secondary N) is 1. The van der Waals surface area contributed by atoms with Crippen LogP contribution in [0.25, 0.3) is 0 Å². The molecule has 94 valence electrons. The van der Waals surface area contributed by atoms with Gasteiger partial charge in [0.15, 0.2) is 0 Å². The highest BCUT2D eigenvalue weighted by atomic mass is 16.2. The average Bonchev–Trinajstić information content (AvgIpc) is 2.10. The Morgan fingerprint density at radius 1 is 1.31 bits per heavy atom. The maximum atomic E-state index is 11.4. The average molecular weight is 229 g/mol. The minimum atomic E-state index is -0.347. The Morgan fingerprint density at radius 3 is 2.31 bits per heavy atom. The fourth-order valence-corrected chi connectivity index (χ4v) is 1.07. The van der Waals surface area contributed by atoms with Crippen LogP contribution in [0.1, 0.15) is 40.0 Å². The zero-order valence-corrected chi connectivity index (χ0v) is 10.4. The Kier molecular flexibility index (Phi) is 6.03. The molecule has 0 saturated heterocycles. The van der Waals surface area contributed by atoms with E-state index in [-0.39, 0.29) is 23.3 Å². The molecule has 1 atom stereocenters. The van der Waals surface area contributed by atoms with E-state index in [0.29, 0.717) is 25.8 Å². The molecule has 0 radical (unpaired) electrons. The molecule has 0 aliphatic carbocycles. The maximum absolute atomic E-state index is 11.4. The quantitative estimate of drug-likeness (QED) is 0.565. The predicted octanol–water partition coefficient (Wildman–Crippen LogP) is 0.132. The SMILES string of the molecule is CC(C)(C)C(N)CC(=O)NCCCC(N)=O. The lowest BCUT2D eigenvalue weighted by Crippen LogP contribution is -2.40. The monoisotopic (exact) mass is 229 g/mol. The molecule has 0 aromatic carbocycles. The zero-order chi connectivity index (χ0) is 12.8. The van der Waals surface area contributed by atoms with Crippen molar-refractivity contribution in [3.63, 3.8) is 0 Å². The molecule has 0 aliphatic heterocycles. The first kappa shape index (κ1) is 14.9. The van der Waals surface area contributed by atoms with Gasteiger partial charge in [-0.25, -0.2) is 0 Å². The summed E-state index contributed by atoms with van der Waals surface area (Å²) in [6.07, 6.45) is 1.18. The molecule has 0 heterocycles. The molecule has 1 unspecified atom stereocenters. The molecule has 0 fully saturated rings. The zero-order valence-electron chi connectivity index (χ0n) is 10.4. The van der Waals surface area contributed by atoms with Crippen LogP contribution in [0.15, 0.2) is 0 Å². The molecule has 0 saturated carbocycles. The summed E-state index contributed by atoms with van der Waals surface area (Å²) in [7, 11) is 0. The van der Waals surface area contributed by atoms with Crippen molar-refractivity contribution in [2.45, 2.75) is 46.1 Å². The van der Waals surface area contributed by atoms with Gasteiger partial charge in [-0.1, -0.05) is 20.8 Å². The minimum absolute atomic E-state index is 0.0769. The van der Waals surface area contributed by atoms with Gasteiger partial charge in [0.05, 0.1) is 0 Å². The first-order chi connectivity index (χ1) is 7.23. The topological polar surface area (TPSA) is 98.2 Å². The molecule has 2 amide bonds. The van der Waals surface area contributed by atoms with Gasteiger partial charge in [-0.05, 0) is 11.8 Å². The van der Waals surface area contributed by atoms with Gasteiger partial charge in [0.1, 0.15) is 0 Å². The van der Waals surface area contributed by atoms with Crippen molar-refractivity contribution in [1.82, 2.24) is 5.32 Å². The molecule has 0 bridgehead atoms. The Morgan fingerprint density at radius 2 is 1.88 bits per heavy atom. The minimum Gasteiger partial charge on any atom is -0.370 e. The van der Waals surface area contributed by atoms with Gasteiger partial charge >= 0.3 is 0 Å². The molecule has 5 nitrogen and oxygen atoms in total. The normalized spacial score (nSPS) is 13.2. The van der Waals surface area contributed by atoms with Gasteiger partial charge in [0.25, 0.3) is 0 Å². The summed E-state index contributed by atoms with van der Waals surface area (Å²) in [4.78, 5) is 21.9. The van der Waals surface area contributed by atoms with E-state index >= 15 is 0 Å². The summed E-state index contributed by atoms with van der Waals surface area (Å²) in [6, 6.07) is -0.163. The molecule has 0 rings (SSSR count). The lowest BCUT2D eigenvalue weighted by molar-refractivity contribution is -0.122. The lowest BCUT2D eigenvalue weighted by Gasteiger charge is -2.26. The van der Waals surface area contributed by atoms with Gasteiger partial charge in [-0.2, -0.15) is 0 Å². The molecule has 5 N–H and O–H groups in total. The number of nitrogens with two attached hydrogens (primary N) is 2. The van der Waals surface area contributed by atoms with E-state index in [1.807, 2.05) is 20.8 Å². The second kappa shape index (κ2) is 6.48. The van der Waals surface area contributed by atoms with Crippen LogP contribution < -0.4 is 16.8 Å². The van der Waals surface area contributed by atoms with E-state index in [0.717, 1.165) is 0 Å². The smallest absolute Gasteiger partial charge is 0.221 e. The Balaban J connectivity index is 3.71. The van der Waals surface area contributed by atoms with Gasteiger partial charge in [0, 0.05) is 25.4 Å². The summed E-state index contributed by atoms with van der Waals surface area (Å²) in [5.41, 5.74) is 10.8. The second-order valence-electron chi connectivity index (χ2n) is 5.10. The number of amides is 2. The third-order valence-electron chi connectivity index (χ3n) is 2.44. The van der Waals surface area contributed by atoms with Crippen molar-refractivity contribution in [2.24, 2.45) is 16.9 Å². The van der Waals surface area contributed by atoms with Crippen LogP contribution in [0.3, 0.4) is 0 Å². The lowest BCUT2D eigenvalue weighted by atomic mass is 9.85. The van der Waals surface area contributed by atoms with E-state index in [9.17, 15) is 9.59 Å². The van der Waals surface area contributed by atoms with Crippen LogP contribution in [0.5, 0.6) is 0 Å². The molecular weight excluding hydrogens is 206 g/mol. The second-order valence-corrected chi connectivity index (χ2v) is 5.10. The Hall–Kier alpha value is -1.10. The van der Waals surface area contributed by atoms with Gasteiger partial charge < -0.3 is 16.8 Å². The molecule has 0 spiro atoms. The molecule has 0 aromatic rings. The predicted molar refractivity (Wildman–Crippen MR) is 63.5 cm³/mol. The van der Waals surface area contributed by atoms with E-state index in [2.05, 4.69) is 5.32 Å². The number of hydrogen-bond donors (Lipinski definition) is 3. The first-order valence-electron chi connectivity index (χ1n) is 5.54. The largest absolute Gasteiger partial charge is 0.370 e. The van der Waals surface area contributed by atoms with Crippen molar-refractivity contribution in [3.05, 3.63) is 0 Å². The van der Waals surface area contributed by atoms with Crippen molar-refractivity contribution in [2.75, 3.05) is 6.54 Å². The van der Waals surface area contributed by atoms with E-state index in [4.69, 9.17) is 11.5 Å². The summed E-state index contributed by atoms with van der Waals surface area (Å²) < 4.78 is 0. The highest BCUT2D eigenvalue weighted by Gasteiger charge is 2.22. The first-order valence-corrected chi connectivity index (χ1v) is 5.54. The highest BCUT2D eigenvalue weighted by Crippen LogP contribution is 2.19. The summed E-state index contributed by atoms with van der Waals surface area (Å²) in [5, 5.41) is 2.71. The maximum Gasteiger partial charge on any atom is 0.221 e. The van der Waals surface area contributed by atoms with E-state index < -0.39 is 0 Å². The molecule has 16 heavy (non-hydrogen) atoms. The summed E-state index contributed by atoms with van der Waals surface area (Å²) in [6.45, 7) is 6.47. The number of carbonyl (C=O) groups is 2. The van der Waals surface area contributed by atoms with Gasteiger partial charge in [-0.15, -0.1) is 0 Å². The molecule has 5 heteroatoms. The fraction of sp³-hybridized carbons (Fsp3) is 0.818. The fourth-order valence-electron chi connectivity index (χ4n) is 1.07. The van der Waals surface area contributed by atoms with Crippen LogP contribution in [-0.4, -0.2) is 24.4 Å². The summed E-state index contributed by atoms with van der Waals surface area (Å²) in [5.74, 6) is -0.424. The number of carbonyl (C=O) groups excluding carboxylic acids is 2. The van der Waals surface area contributed by atoms with Crippen LogP contribution in [-0.2, 0) is 9.59 Å².